The van der Waals surface area contributed by atoms with Gasteiger partial charge in [-0.05, 0) is 31.6 Å². The Labute approximate surface area is 149 Å². The topological polar surface area (TPSA) is 58.8 Å². The molecule has 3 heterocycles. The summed E-state index contributed by atoms with van der Waals surface area (Å²) in [6, 6.07) is 2.87. The van der Waals surface area contributed by atoms with Crippen molar-refractivity contribution in [2.45, 2.75) is 45.3 Å². The molecule has 0 unspecified atom stereocenters. The normalized spacial score (nSPS) is 25.6. The van der Waals surface area contributed by atoms with Crippen LogP contribution in [0, 0.1) is 5.92 Å². The van der Waals surface area contributed by atoms with Crippen LogP contribution in [-0.4, -0.2) is 63.8 Å². The zero-order chi connectivity index (χ0) is 17.2. The average Bonchev–Trinajstić information content (AvgIpc) is 3.11. The lowest BCUT2D eigenvalue weighted by molar-refractivity contribution is 0.132. The predicted molar refractivity (Wildman–Crippen MR) is 96.7 cm³/mol. The van der Waals surface area contributed by atoms with E-state index in [4.69, 9.17) is 4.74 Å². The van der Waals surface area contributed by atoms with Crippen LogP contribution in [0.2, 0.25) is 0 Å². The number of methoxy groups -OCH3 is 1. The van der Waals surface area contributed by atoms with Gasteiger partial charge in [-0.15, -0.1) is 0 Å². The number of nitrogens with zero attached hydrogens (tertiary/aromatic N) is 6. The Hall–Kier alpha value is -1.73. The Morgan fingerprint density at radius 2 is 1.88 bits per heavy atom. The second-order valence-electron chi connectivity index (χ2n) is 7.45. The van der Waals surface area contributed by atoms with Crippen LogP contribution in [-0.2, 0) is 11.3 Å². The van der Waals surface area contributed by atoms with Crippen molar-refractivity contribution >= 4 is 11.6 Å². The molecule has 1 aliphatic carbocycles. The largest absolute Gasteiger partial charge is 0.378 e. The van der Waals surface area contributed by atoms with Gasteiger partial charge in [0.25, 0.3) is 5.78 Å². The van der Waals surface area contributed by atoms with Crippen molar-refractivity contribution in [1.82, 2.24) is 24.5 Å². The van der Waals surface area contributed by atoms with Crippen LogP contribution in [0.25, 0.3) is 5.78 Å². The smallest absolute Gasteiger partial charge is 0.254 e. The molecule has 25 heavy (non-hydrogen) atoms. The third-order valence-electron chi connectivity index (χ3n) is 5.72. The van der Waals surface area contributed by atoms with Crippen LogP contribution in [0.1, 0.15) is 38.3 Å². The molecular weight excluding hydrogens is 316 g/mol. The Morgan fingerprint density at radius 3 is 2.60 bits per heavy atom. The monoisotopic (exact) mass is 344 g/mol. The fourth-order valence-corrected chi connectivity index (χ4v) is 4.22. The highest BCUT2D eigenvalue weighted by atomic mass is 16.5. The minimum atomic E-state index is 0.497. The van der Waals surface area contributed by atoms with E-state index in [-0.39, 0.29) is 0 Å². The quantitative estimate of drug-likeness (QED) is 0.845. The Bertz CT molecular complexity index is 701. The van der Waals surface area contributed by atoms with Gasteiger partial charge in [0.15, 0.2) is 0 Å². The van der Waals surface area contributed by atoms with Gasteiger partial charge in [0.05, 0.1) is 12.3 Å². The molecule has 2 fully saturated rings. The zero-order valence-corrected chi connectivity index (χ0v) is 15.3. The van der Waals surface area contributed by atoms with Gasteiger partial charge >= 0.3 is 0 Å². The van der Waals surface area contributed by atoms with E-state index in [9.17, 15) is 0 Å². The van der Waals surface area contributed by atoms with Gasteiger partial charge < -0.3 is 9.64 Å². The van der Waals surface area contributed by atoms with Gasteiger partial charge in [-0.2, -0.15) is 14.6 Å². The third-order valence-corrected chi connectivity index (χ3v) is 5.72. The van der Waals surface area contributed by atoms with Crippen LogP contribution >= 0.6 is 0 Å². The number of aromatic nitrogens is 4. The summed E-state index contributed by atoms with van der Waals surface area (Å²) in [7, 11) is 1.69. The molecular formula is C18H28N6O. The minimum absolute atomic E-state index is 0.497. The molecule has 136 valence electrons. The highest BCUT2D eigenvalue weighted by molar-refractivity contribution is 5.47. The number of anilines is 1. The van der Waals surface area contributed by atoms with E-state index in [1.54, 1.807) is 13.4 Å². The lowest BCUT2D eigenvalue weighted by Crippen LogP contribution is -2.51. The molecule has 0 spiro atoms. The standard InChI is InChI=1S/C18H28N6O/c1-14-3-5-16(6-4-14)22-7-9-23(10-8-22)17-11-15(12-25-2)21-18-19-13-20-24(17)18/h11,13-14,16H,3-10,12H2,1-2H3. The van der Waals surface area contributed by atoms with Crippen LogP contribution in [0.15, 0.2) is 12.4 Å². The van der Waals surface area contributed by atoms with Gasteiger partial charge in [0.2, 0.25) is 0 Å². The fourth-order valence-electron chi connectivity index (χ4n) is 4.22. The van der Waals surface area contributed by atoms with E-state index in [0.717, 1.165) is 49.7 Å². The van der Waals surface area contributed by atoms with Crippen LogP contribution in [0.3, 0.4) is 0 Å². The van der Waals surface area contributed by atoms with E-state index >= 15 is 0 Å². The molecule has 0 bridgehead atoms. The summed E-state index contributed by atoms with van der Waals surface area (Å²) in [6.45, 7) is 7.18. The first-order valence-corrected chi connectivity index (χ1v) is 9.42. The average molecular weight is 344 g/mol. The minimum Gasteiger partial charge on any atom is -0.378 e. The lowest BCUT2D eigenvalue weighted by atomic mass is 9.86. The Morgan fingerprint density at radius 1 is 1.12 bits per heavy atom. The molecule has 2 aromatic rings. The zero-order valence-electron chi connectivity index (χ0n) is 15.3. The Balaban J connectivity index is 1.47. The van der Waals surface area contributed by atoms with Crippen molar-refractivity contribution in [3.63, 3.8) is 0 Å². The first kappa shape index (κ1) is 16.7. The number of hydrogen-bond donors (Lipinski definition) is 0. The molecule has 0 aromatic carbocycles. The fraction of sp³-hybridized carbons (Fsp3) is 0.722. The molecule has 0 N–H and O–H groups in total. The van der Waals surface area contributed by atoms with E-state index in [1.807, 2.05) is 4.52 Å². The van der Waals surface area contributed by atoms with Gasteiger partial charge in [-0.3, -0.25) is 4.90 Å². The summed E-state index contributed by atoms with van der Waals surface area (Å²) in [5.41, 5.74) is 0.904. The van der Waals surface area contributed by atoms with Crippen LogP contribution < -0.4 is 4.90 Å². The summed E-state index contributed by atoms with van der Waals surface area (Å²) in [4.78, 5) is 13.9. The van der Waals surface area contributed by atoms with Crippen molar-refractivity contribution in [2.24, 2.45) is 5.92 Å². The first-order valence-electron chi connectivity index (χ1n) is 9.42. The molecule has 2 aliphatic rings. The third kappa shape index (κ3) is 3.48. The van der Waals surface area contributed by atoms with Crippen molar-refractivity contribution < 1.29 is 4.74 Å². The molecule has 2 aromatic heterocycles. The molecule has 7 heteroatoms. The molecule has 7 nitrogen and oxygen atoms in total. The summed E-state index contributed by atoms with van der Waals surface area (Å²) >= 11 is 0. The molecule has 1 saturated heterocycles. The summed E-state index contributed by atoms with van der Waals surface area (Å²) in [5, 5.41) is 4.36. The second-order valence-corrected chi connectivity index (χ2v) is 7.45. The lowest BCUT2D eigenvalue weighted by Gasteiger charge is -2.42. The van der Waals surface area contributed by atoms with E-state index in [1.165, 1.54) is 25.7 Å². The molecule has 1 saturated carbocycles. The Kier molecular flexibility index (Phi) is 4.85. The maximum absolute atomic E-state index is 5.25. The molecule has 1 aliphatic heterocycles. The number of ether oxygens (including phenoxy) is 1. The van der Waals surface area contributed by atoms with E-state index in [2.05, 4.69) is 37.9 Å². The van der Waals surface area contributed by atoms with E-state index < -0.39 is 0 Å². The molecule has 0 atom stereocenters. The molecule has 0 amide bonds. The van der Waals surface area contributed by atoms with Crippen molar-refractivity contribution in [1.29, 1.82) is 0 Å². The highest BCUT2D eigenvalue weighted by Gasteiger charge is 2.28. The van der Waals surface area contributed by atoms with Crippen LogP contribution in [0.4, 0.5) is 5.82 Å². The maximum Gasteiger partial charge on any atom is 0.254 e. The SMILES string of the molecule is COCc1cc(N2CCN(C3CCC(C)CC3)CC2)n2ncnc2n1. The van der Waals surface area contributed by atoms with Crippen molar-refractivity contribution in [3.05, 3.63) is 18.1 Å². The predicted octanol–water partition coefficient (Wildman–Crippen LogP) is 1.97. The maximum atomic E-state index is 5.25. The molecule has 4 rings (SSSR count). The summed E-state index contributed by atoms with van der Waals surface area (Å²) in [5.74, 6) is 2.63. The number of hydrogen-bond acceptors (Lipinski definition) is 6. The number of fused-ring (bicyclic) bond motifs is 1. The van der Waals surface area contributed by atoms with Crippen molar-refractivity contribution in [3.8, 4) is 0 Å². The van der Waals surface area contributed by atoms with Gasteiger partial charge in [-0.1, -0.05) is 6.92 Å². The van der Waals surface area contributed by atoms with Gasteiger partial charge in [-0.25, -0.2) is 4.98 Å². The number of piperazine rings is 1. The highest BCUT2D eigenvalue weighted by Crippen LogP contribution is 2.28. The summed E-state index contributed by atoms with van der Waals surface area (Å²) < 4.78 is 7.10. The second kappa shape index (κ2) is 7.25. The molecule has 0 radical (unpaired) electrons. The van der Waals surface area contributed by atoms with E-state index in [0.29, 0.717) is 12.4 Å². The van der Waals surface area contributed by atoms with Crippen LogP contribution in [0.5, 0.6) is 0 Å². The van der Waals surface area contributed by atoms with Crippen molar-refractivity contribution in [2.75, 3.05) is 38.2 Å². The summed E-state index contributed by atoms with van der Waals surface area (Å²) in [6.07, 6.45) is 7.07. The van der Waals surface area contributed by atoms with Gasteiger partial charge in [0, 0.05) is 45.4 Å². The number of rotatable bonds is 4. The first-order chi connectivity index (χ1) is 12.2. The van der Waals surface area contributed by atoms with Gasteiger partial charge in [0.1, 0.15) is 12.1 Å².